The molecule has 0 bridgehead atoms. The summed E-state index contributed by atoms with van der Waals surface area (Å²) in [7, 11) is 0. The average Bonchev–Trinajstić information content (AvgIpc) is 2.19. The Morgan fingerprint density at radius 1 is 1.71 bits per heavy atom. The number of nitrogens with zero attached hydrogens (tertiary/aromatic N) is 2. The third-order valence-corrected chi connectivity index (χ3v) is 1.94. The van der Waals surface area contributed by atoms with Crippen LogP contribution < -0.4 is 11.1 Å². The third-order valence-electron chi connectivity index (χ3n) is 1.94. The maximum absolute atomic E-state index is 8.81. The predicted molar refractivity (Wildman–Crippen MR) is 55.7 cm³/mol. The summed E-state index contributed by atoms with van der Waals surface area (Å²) in [4.78, 5) is 3.88. The molecule has 1 aromatic heterocycles. The molecular formula is C10H14N4. The van der Waals surface area contributed by atoms with Crippen LogP contribution in [0.25, 0.3) is 0 Å². The summed E-state index contributed by atoms with van der Waals surface area (Å²) in [5, 5.41) is 12.0. The average molecular weight is 190 g/mol. The van der Waals surface area contributed by atoms with Gasteiger partial charge in [-0.05, 0) is 26.0 Å². The van der Waals surface area contributed by atoms with Crippen molar-refractivity contribution in [1.82, 2.24) is 4.98 Å². The van der Waals surface area contributed by atoms with Gasteiger partial charge in [-0.15, -0.1) is 0 Å². The Bertz CT molecular complexity index is 329. The molecule has 3 N–H and O–H groups in total. The second kappa shape index (κ2) is 5.20. The standard InChI is InChI=1S/C10H14N4/c1-8(2-4-11)14-10-3-5-13-7-9(10)6-12/h3,5,7-8H,2,4,11H2,1H3,(H,13,14). The van der Waals surface area contributed by atoms with Gasteiger partial charge >= 0.3 is 0 Å². The first-order chi connectivity index (χ1) is 6.77. The number of anilines is 1. The highest BCUT2D eigenvalue weighted by atomic mass is 14.9. The summed E-state index contributed by atoms with van der Waals surface area (Å²) in [6.45, 7) is 2.68. The maximum atomic E-state index is 8.81. The Labute approximate surface area is 83.8 Å². The zero-order valence-electron chi connectivity index (χ0n) is 8.20. The van der Waals surface area contributed by atoms with Crippen molar-refractivity contribution in [3.8, 4) is 6.07 Å². The molecule has 0 saturated heterocycles. The number of pyridine rings is 1. The van der Waals surface area contributed by atoms with Crippen LogP contribution in [0.4, 0.5) is 5.69 Å². The van der Waals surface area contributed by atoms with Crippen molar-refractivity contribution in [2.75, 3.05) is 11.9 Å². The van der Waals surface area contributed by atoms with Gasteiger partial charge in [-0.3, -0.25) is 4.98 Å². The van der Waals surface area contributed by atoms with Crippen LogP contribution in [-0.2, 0) is 0 Å². The first-order valence-corrected chi connectivity index (χ1v) is 4.58. The van der Waals surface area contributed by atoms with Crippen LogP contribution in [0, 0.1) is 11.3 Å². The molecular weight excluding hydrogens is 176 g/mol. The van der Waals surface area contributed by atoms with Gasteiger partial charge in [0.2, 0.25) is 0 Å². The summed E-state index contributed by atoms with van der Waals surface area (Å²) in [6.07, 6.45) is 4.10. The van der Waals surface area contributed by atoms with Crippen molar-refractivity contribution in [2.24, 2.45) is 5.73 Å². The van der Waals surface area contributed by atoms with E-state index in [0.717, 1.165) is 12.1 Å². The molecule has 74 valence electrons. The van der Waals surface area contributed by atoms with Gasteiger partial charge in [0, 0.05) is 18.4 Å². The highest BCUT2D eigenvalue weighted by Gasteiger charge is 2.04. The third kappa shape index (κ3) is 2.71. The van der Waals surface area contributed by atoms with E-state index in [1.54, 1.807) is 18.5 Å². The molecule has 1 rings (SSSR count). The van der Waals surface area contributed by atoms with Gasteiger partial charge in [0.05, 0.1) is 11.3 Å². The molecule has 0 radical (unpaired) electrons. The number of nitrogens with two attached hydrogens (primary N) is 1. The van der Waals surface area contributed by atoms with Gasteiger partial charge in [0.15, 0.2) is 0 Å². The molecule has 0 spiro atoms. The number of aromatic nitrogens is 1. The molecule has 0 saturated carbocycles. The van der Waals surface area contributed by atoms with Crippen molar-refractivity contribution in [3.63, 3.8) is 0 Å². The molecule has 0 aromatic carbocycles. The van der Waals surface area contributed by atoms with Gasteiger partial charge in [-0.1, -0.05) is 0 Å². The second-order valence-electron chi connectivity index (χ2n) is 3.16. The van der Waals surface area contributed by atoms with E-state index in [4.69, 9.17) is 11.0 Å². The lowest BCUT2D eigenvalue weighted by Gasteiger charge is -2.14. The van der Waals surface area contributed by atoms with E-state index in [1.807, 2.05) is 6.92 Å². The van der Waals surface area contributed by atoms with E-state index in [-0.39, 0.29) is 6.04 Å². The summed E-state index contributed by atoms with van der Waals surface area (Å²) < 4.78 is 0. The van der Waals surface area contributed by atoms with Crippen molar-refractivity contribution in [2.45, 2.75) is 19.4 Å². The molecule has 0 aliphatic heterocycles. The Morgan fingerprint density at radius 3 is 3.14 bits per heavy atom. The largest absolute Gasteiger partial charge is 0.381 e. The predicted octanol–water partition coefficient (Wildman–Crippen LogP) is 1.10. The van der Waals surface area contributed by atoms with Crippen molar-refractivity contribution in [3.05, 3.63) is 24.0 Å². The van der Waals surface area contributed by atoms with Gasteiger partial charge in [0.25, 0.3) is 0 Å². The molecule has 0 amide bonds. The Kier molecular flexibility index (Phi) is 3.89. The first-order valence-electron chi connectivity index (χ1n) is 4.58. The number of nitriles is 1. The van der Waals surface area contributed by atoms with Crippen LogP contribution >= 0.6 is 0 Å². The van der Waals surface area contributed by atoms with Gasteiger partial charge < -0.3 is 11.1 Å². The lowest BCUT2D eigenvalue weighted by Crippen LogP contribution is -2.19. The number of rotatable bonds is 4. The van der Waals surface area contributed by atoms with Gasteiger partial charge in [0.1, 0.15) is 6.07 Å². The van der Waals surface area contributed by atoms with Gasteiger partial charge in [-0.2, -0.15) is 5.26 Å². The van der Waals surface area contributed by atoms with Crippen LogP contribution in [0.2, 0.25) is 0 Å². The Hall–Kier alpha value is -1.60. The molecule has 4 heteroatoms. The van der Waals surface area contributed by atoms with E-state index in [0.29, 0.717) is 12.1 Å². The van der Waals surface area contributed by atoms with E-state index < -0.39 is 0 Å². The van der Waals surface area contributed by atoms with Crippen LogP contribution in [-0.4, -0.2) is 17.6 Å². The minimum absolute atomic E-state index is 0.273. The minimum Gasteiger partial charge on any atom is -0.381 e. The zero-order chi connectivity index (χ0) is 10.4. The molecule has 0 fully saturated rings. The molecule has 4 nitrogen and oxygen atoms in total. The lowest BCUT2D eigenvalue weighted by molar-refractivity contribution is 0.716. The molecule has 1 aromatic rings. The van der Waals surface area contributed by atoms with Crippen LogP contribution in [0.15, 0.2) is 18.5 Å². The summed E-state index contributed by atoms with van der Waals surface area (Å²) in [5.41, 5.74) is 6.83. The fourth-order valence-electron chi connectivity index (χ4n) is 1.20. The number of hydrogen-bond donors (Lipinski definition) is 2. The summed E-state index contributed by atoms with van der Waals surface area (Å²) >= 11 is 0. The van der Waals surface area contributed by atoms with Gasteiger partial charge in [-0.25, -0.2) is 0 Å². The van der Waals surface area contributed by atoms with E-state index in [1.165, 1.54) is 0 Å². The molecule has 0 aliphatic rings. The lowest BCUT2D eigenvalue weighted by atomic mass is 10.2. The number of hydrogen-bond acceptors (Lipinski definition) is 4. The maximum Gasteiger partial charge on any atom is 0.103 e. The van der Waals surface area contributed by atoms with Crippen LogP contribution in [0.1, 0.15) is 18.9 Å². The first kappa shape index (κ1) is 10.5. The Balaban J connectivity index is 2.71. The Morgan fingerprint density at radius 2 is 2.50 bits per heavy atom. The van der Waals surface area contributed by atoms with Crippen molar-refractivity contribution < 1.29 is 0 Å². The van der Waals surface area contributed by atoms with E-state index in [9.17, 15) is 0 Å². The summed E-state index contributed by atoms with van der Waals surface area (Å²) in [6, 6.07) is 4.16. The minimum atomic E-state index is 0.273. The SMILES string of the molecule is CC(CCN)Nc1ccncc1C#N. The molecule has 1 heterocycles. The zero-order valence-corrected chi connectivity index (χ0v) is 8.20. The highest BCUT2D eigenvalue weighted by molar-refractivity contribution is 5.56. The fourth-order valence-corrected chi connectivity index (χ4v) is 1.20. The van der Waals surface area contributed by atoms with Crippen LogP contribution in [0.5, 0.6) is 0 Å². The van der Waals surface area contributed by atoms with E-state index >= 15 is 0 Å². The fraction of sp³-hybridized carbons (Fsp3) is 0.400. The normalized spacial score (nSPS) is 11.8. The molecule has 1 atom stereocenters. The smallest absolute Gasteiger partial charge is 0.103 e. The molecule has 14 heavy (non-hydrogen) atoms. The van der Waals surface area contributed by atoms with Crippen molar-refractivity contribution >= 4 is 5.69 Å². The monoisotopic (exact) mass is 190 g/mol. The topological polar surface area (TPSA) is 74.7 Å². The molecule has 0 aliphatic carbocycles. The van der Waals surface area contributed by atoms with E-state index in [2.05, 4.69) is 16.4 Å². The number of nitrogens with one attached hydrogen (secondary N) is 1. The van der Waals surface area contributed by atoms with Crippen molar-refractivity contribution in [1.29, 1.82) is 5.26 Å². The highest BCUT2D eigenvalue weighted by Crippen LogP contribution is 2.13. The summed E-state index contributed by atoms with van der Waals surface area (Å²) in [5.74, 6) is 0. The van der Waals surface area contributed by atoms with Crippen LogP contribution in [0.3, 0.4) is 0 Å². The second-order valence-corrected chi connectivity index (χ2v) is 3.16. The quantitative estimate of drug-likeness (QED) is 0.745. The molecule has 1 unspecified atom stereocenters.